The molecule has 0 spiro atoms. The number of nitrogens with one attached hydrogen (secondary N) is 1. The van der Waals surface area contributed by atoms with E-state index in [1.807, 2.05) is 18.7 Å². The van der Waals surface area contributed by atoms with Crippen LogP contribution in [0.5, 0.6) is 0 Å². The molecule has 8 heteroatoms. The lowest BCUT2D eigenvalue weighted by Crippen LogP contribution is -2.26. The van der Waals surface area contributed by atoms with Gasteiger partial charge in [-0.05, 0) is 24.3 Å². The number of nitrogens with zero attached hydrogens (tertiary/aromatic N) is 3. The van der Waals surface area contributed by atoms with Gasteiger partial charge in [-0.2, -0.15) is 0 Å². The van der Waals surface area contributed by atoms with Crippen LogP contribution >= 0.6 is 11.3 Å². The molecule has 2 aromatic rings. The van der Waals surface area contributed by atoms with Gasteiger partial charge in [-0.1, -0.05) is 0 Å². The smallest absolute Gasteiger partial charge is 0.265 e. The third-order valence-electron chi connectivity index (χ3n) is 2.69. The molecule has 0 bridgehead atoms. The van der Waals surface area contributed by atoms with E-state index in [4.69, 9.17) is 0 Å². The van der Waals surface area contributed by atoms with Gasteiger partial charge in [0.05, 0.1) is 19.0 Å². The number of hydrogen-bond donors (Lipinski definition) is 1. The fourth-order valence-corrected chi connectivity index (χ4v) is 3.55. The lowest BCUT2D eigenvalue weighted by molar-refractivity contribution is -0.459. The number of rotatable bonds is 5. The molecule has 1 aromatic carbocycles. The Bertz CT molecular complexity index is 718. The predicted molar refractivity (Wildman–Crippen MR) is 85.9 cm³/mol. The minimum Gasteiger partial charge on any atom is -0.273 e. The highest BCUT2D eigenvalue weighted by molar-refractivity contribution is 7.93. The third kappa shape index (κ3) is 3.59. The molecule has 0 amide bonds. The standard InChI is InChI=1S/C13H16N4O2S2/c1-16(2)10-15-11-4-6-12(7-5-11)21(18,19)17(3)13-14-8-9-20-13/h4-10H,1-3H3/p+1. The minimum absolute atomic E-state index is 0.232. The summed E-state index contributed by atoms with van der Waals surface area (Å²) in [6.07, 6.45) is 3.36. The highest BCUT2D eigenvalue weighted by atomic mass is 32.2. The lowest BCUT2D eigenvalue weighted by atomic mass is 10.3. The number of thiazole rings is 1. The summed E-state index contributed by atoms with van der Waals surface area (Å²) in [5, 5.41) is 5.25. The van der Waals surface area contributed by atoms with Crippen LogP contribution in [-0.2, 0) is 10.0 Å². The van der Waals surface area contributed by atoms with E-state index in [0.29, 0.717) is 5.13 Å². The molecule has 112 valence electrons. The van der Waals surface area contributed by atoms with Gasteiger partial charge in [0.25, 0.3) is 10.0 Å². The first-order chi connectivity index (χ1) is 9.91. The van der Waals surface area contributed by atoms with E-state index in [2.05, 4.69) is 10.3 Å². The van der Waals surface area contributed by atoms with Crippen molar-refractivity contribution in [3.05, 3.63) is 35.8 Å². The van der Waals surface area contributed by atoms with Crippen LogP contribution in [0.4, 0.5) is 10.8 Å². The van der Waals surface area contributed by atoms with E-state index in [-0.39, 0.29) is 4.90 Å². The Kier molecular flexibility index (Phi) is 4.59. The fourth-order valence-electron chi connectivity index (χ4n) is 1.56. The molecule has 0 saturated heterocycles. The van der Waals surface area contributed by atoms with Crippen molar-refractivity contribution in [2.75, 3.05) is 30.8 Å². The van der Waals surface area contributed by atoms with Gasteiger partial charge in [0.15, 0.2) is 5.13 Å². The number of sulfonamides is 1. The van der Waals surface area contributed by atoms with Gasteiger partial charge in [-0.3, -0.25) is 4.58 Å². The van der Waals surface area contributed by atoms with Gasteiger partial charge in [0, 0.05) is 18.6 Å². The van der Waals surface area contributed by atoms with Crippen molar-refractivity contribution < 1.29 is 13.0 Å². The Balaban J connectivity index is 2.23. The van der Waals surface area contributed by atoms with Crippen LogP contribution in [0, 0.1) is 0 Å². The summed E-state index contributed by atoms with van der Waals surface area (Å²) in [5.41, 5.74) is 0.819. The first kappa shape index (κ1) is 15.5. The number of benzene rings is 1. The zero-order valence-corrected chi connectivity index (χ0v) is 13.6. The van der Waals surface area contributed by atoms with E-state index < -0.39 is 10.0 Å². The molecule has 0 aliphatic heterocycles. The normalized spacial score (nSPS) is 11.0. The van der Waals surface area contributed by atoms with Gasteiger partial charge in [-0.15, -0.1) is 11.3 Å². The second-order valence-electron chi connectivity index (χ2n) is 4.55. The summed E-state index contributed by atoms with van der Waals surface area (Å²) in [5.74, 6) is 0. The average molecular weight is 325 g/mol. The molecule has 2 rings (SSSR count). The molecular formula is C13H17N4O2S2+. The van der Waals surface area contributed by atoms with Gasteiger partial charge in [-0.25, -0.2) is 23.0 Å². The average Bonchev–Trinajstić information content (AvgIpc) is 2.98. The fraction of sp³-hybridized carbons (Fsp3) is 0.231. The molecule has 1 heterocycles. The van der Waals surface area contributed by atoms with Gasteiger partial charge in [0.1, 0.15) is 5.69 Å². The molecule has 21 heavy (non-hydrogen) atoms. The summed E-state index contributed by atoms with van der Waals surface area (Å²) in [4.78, 5) is 4.25. The summed E-state index contributed by atoms with van der Waals surface area (Å²) in [6.45, 7) is 0. The highest BCUT2D eigenvalue weighted by Crippen LogP contribution is 2.24. The molecule has 1 N–H and O–H groups in total. The Morgan fingerprint density at radius 3 is 2.48 bits per heavy atom. The molecule has 0 atom stereocenters. The Hall–Kier alpha value is -1.93. The molecule has 0 aliphatic rings. The van der Waals surface area contributed by atoms with E-state index in [1.54, 1.807) is 42.2 Å². The topological polar surface area (TPSA) is 65.3 Å². The van der Waals surface area contributed by atoms with Crippen molar-refractivity contribution in [3.8, 4) is 0 Å². The van der Waals surface area contributed by atoms with Crippen LogP contribution in [0.2, 0.25) is 0 Å². The number of hydrogen-bond acceptors (Lipinski definition) is 4. The van der Waals surface area contributed by atoms with Gasteiger partial charge in [0.2, 0.25) is 6.34 Å². The second-order valence-corrected chi connectivity index (χ2v) is 7.39. The molecule has 0 unspecified atom stereocenters. The van der Waals surface area contributed by atoms with E-state index in [9.17, 15) is 8.42 Å². The molecule has 1 aromatic heterocycles. The Labute approximate surface area is 128 Å². The first-order valence-electron chi connectivity index (χ1n) is 6.16. The van der Waals surface area contributed by atoms with Crippen LogP contribution in [0.15, 0.2) is 40.7 Å². The van der Waals surface area contributed by atoms with Crippen LogP contribution in [0.3, 0.4) is 0 Å². The third-order valence-corrected chi connectivity index (χ3v) is 5.42. The van der Waals surface area contributed by atoms with Crippen LogP contribution in [0.1, 0.15) is 0 Å². The molecule has 0 saturated carbocycles. The largest absolute Gasteiger partial charge is 0.273 e. The SMILES string of the molecule is CN(c1nccs1)S(=O)(=O)c1ccc(NC=[N+](C)C)cc1. The van der Waals surface area contributed by atoms with Crippen LogP contribution in [0.25, 0.3) is 0 Å². The van der Waals surface area contributed by atoms with Gasteiger partial charge < -0.3 is 0 Å². The molecule has 0 aliphatic carbocycles. The van der Waals surface area contributed by atoms with E-state index in [1.165, 1.54) is 22.7 Å². The lowest BCUT2D eigenvalue weighted by Gasteiger charge is -2.16. The van der Waals surface area contributed by atoms with Crippen molar-refractivity contribution in [2.45, 2.75) is 4.90 Å². The highest BCUT2D eigenvalue weighted by Gasteiger charge is 2.22. The van der Waals surface area contributed by atoms with Crippen molar-refractivity contribution >= 4 is 38.5 Å². The summed E-state index contributed by atoms with van der Waals surface area (Å²) >= 11 is 1.28. The maximum absolute atomic E-state index is 12.5. The van der Waals surface area contributed by atoms with E-state index in [0.717, 1.165) is 5.69 Å². The maximum Gasteiger partial charge on any atom is 0.265 e. The Morgan fingerprint density at radius 1 is 1.29 bits per heavy atom. The van der Waals surface area contributed by atoms with Crippen molar-refractivity contribution in [1.29, 1.82) is 0 Å². The van der Waals surface area contributed by atoms with Crippen molar-refractivity contribution in [2.24, 2.45) is 0 Å². The minimum atomic E-state index is -3.58. The molecule has 0 radical (unpaired) electrons. The van der Waals surface area contributed by atoms with Crippen LogP contribution in [-0.4, -0.2) is 45.5 Å². The summed E-state index contributed by atoms with van der Waals surface area (Å²) in [6, 6.07) is 6.60. The molecular weight excluding hydrogens is 308 g/mol. The maximum atomic E-state index is 12.5. The first-order valence-corrected chi connectivity index (χ1v) is 8.48. The quantitative estimate of drug-likeness (QED) is 0.516. The summed E-state index contributed by atoms with van der Waals surface area (Å²) in [7, 11) is 1.72. The van der Waals surface area contributed by atoms with Crippen LogP contribution < -0.4 is 9.62 Å². The van der Waals surface area contributed by atoms with Crippen molar-refractivity contribution in [3.63, 3.8) is 0 Å². The monoisotopic (exact) mass is 325 g/mol. The van der Waals surface area contributed by atoms with Gasteiger partial charge >= 0.3 is 0 Å². The predicted octanol–water partition coefficient (Wildman–Crippen LogP) is 1.68. The number of anilines is 2. The number of aromatic nitrogens is 1. The summed E-state index contributed by atoms with van der Waals surface area (Å²) < 4.78 is 28.0. The van der Waals surface area contributed by atoms with E-state index >= 15 is 0 Å². The molecule has 6 nitrogen and oxygen atoms in total. The van der Waals surface area contributed by atoms with Crippen molar-refractivity contribution in [1.82, 2.24) is 4.98 Å². The molecule has 0 fully saturated rings. The Morgan fingerprint density at radius 2 is 1.95 bits per heavy atom. The zero-order valence-electron chi connectivity index (χ0n) is 12.0. The zero-order chi connectivity index (χ0) is 15.5. The second kappa shape index (κ2) is 6.23.